The third-order valence-corrected chi connectivity index (χ3v) is 4.74. The highest BCUT2D eigenvalue weighted by Crippen LogP contribution is 2.32. The summed E-state index contributed by atoms with van der Waals surface area (Å²) in [6, 6.07) is 5.68. The Balaban J connectivity index is 1.42. The summed E-state index contributed by atoms with van der Waals surface area (Å²) in [6.07, 6.45) is 5.50. The van der Waals surface area contributed by atoms with Gasteiger partial charge >= 0.3 is 0 Å². The van der Waals surface area contributed by atoms with Gasteiger partial charge in [0.15, 0.2) is 0 Å². The molecule has 2 heterocycles. The van der Waals surface area contributed by atoms with E-state index < -0.39 is 0 Å². The largest absolute Gasteiger partial charge is 0.342 e. The van der Waals surface area contributed by atoms with Crippen molar-refractivity contribution < 1.29 is 9.59 Å². The Hall–Kier alpha value is -2.37. The van der Waals surface area contributed by atoms with Gasteiger partial charge in [-0.3, -0.25) is 14.7 Å². The third kappa shape index (κ3) is 2.93. The van der Waals surface area contributed by atoms with Gasteiger partial charge in [-0.05, 0) is 43.9 Å². The monoisotopic (exact) mass is 312 g/mol. The zero-order chi connectivity index (χ0) is 15.8. The zero-order valence-corrected chi connectivity index (χ0v) is 12.9. The molecule has 1 aromatic carbocycles. The van der Waals surface area contributed by atoms with Gasteiger partial charge in [-0.2, -0.15) is 5.10 Å². The van der Waals surface area contributed by atoms with E-state index in [1.807, 2.05) is 23.1 Å². The maximum atomic E-state index is 12.5. The molecule has 1 aliphatic carbocycles. The van der Waals surface area contributed by atoms with Crippen LogP contribution in [-0.2, 0) is 9.59 Å². The molecular weight excluding hydrogens is 292 g/mol. The molecule has 2 N–H and O–H groups in total. The van der Waals surface area contributed by atoms with Gasteiger partial charge in [0.2, 0.25) is 11.8 Å². The Bertz CT molecular complexity index is 750. The number of carbonyl (C=O) groups excluding carboxylic acids is 2. The number of H-pyrrole nitrogens is 1. The Kier molecular flexibility index (Phi) is 3.52. The van der Waals surface area contributed by atoms with Crippen LogP contribution in [0.25, 0.3) is 10.9 Å². The van der Waals surface area contributed by atoms with E-state index in [1.165, 1.54) is 0 Å². The average Bonchev–Trinajstić information content (AvgIpc) is 3.32. The van der Waals surface area contributed by atoms with E-state index in [0.717, 1.165) is 48.8 Å². The molecule has 1 aromatic heterocycles. The van der Waals surface area contributed by atoms with Crippen LogP contribution in [0.5, 0.6) is 0 Å². The van der Waals surface area contributed by atoms with Crippen LogP contribution in [0.1, 0.15) is 25.7 Å². The molecule has 2 amide bonds. The lowest BCUT2D eigenvalue weighted by molar-refractivity contribution is -0.135. The minimum Gasteiger partial charge on any atom is -0.342 e. The molecule has 0 radical (unpaired) electrons. The van der Waals surface area contributed by atoms with Gasteiger partial charge in [0.05, 0.1) is 17.6 Å². The highest BCUT2D eigenvalue weighted by Gasteiger charge is 2.36. The van der Waals surface area contributed by atoms with E-state index >= 15 is 0 Å². The van der Waals surface area contributed by atoms with Crippen molar-refractivity contribution in [1.82, 2.24) is 15.1 Å². The predicted octanol–water partition coefficient (Wildman–Crippen LogP) is 2.15. The number of carbonyl (C=O) groups is 2. The summed E-state index contributed by atoms with van der Waals surface area (Å²) >= 11 is 0. The van der Waals surface area contributed by atoms with Crippen LogP contribution in [0, 0.1) is 11.8 Å². The number of aromatic amines is 1. The summed E-state index contributed by atoms with van der Waals surface area (Å²) in [6.45, 7) is 1.34. The van der Waals surface area contributed by atoms with E-state index in [2.05, 4.69) is 15.5 Å². The predicted molar refractivity (Wildman–Crippen MR) is 86.8 cm³/mol. The average molecular weight is 312 g/mol. The van der Waals surface area contributed by atoms with Gasteiger partial charge in [0.25, 0.3) is 0 Å². The number of likely N-dealkylation sites (tertiary alicyclic amines) is 1. The van der Waals surface area contributed by atoms with Gasteiger partial charge in [-0.25, -0.2) is 0 Å². The number of rotatable bonds is 3. The fourth-order valence-electron chi connectivity index (χ4n) is 3.24. The molecule has 2 fully saturated rings. The topological polar surface area (TPSA) is 78.1 Å². The van der Waals surface area contributed by atoms with Crippen LogP contribution < -0.4 is 5.32 Å². The second-order valence-electron chi connectivity index (χ2n) is 6.56. The molecule has 120 valence electrons. The van der Waals surface area contributed by atoms with Crippen molar-refractivity contribution in [2.24, 2.45) is 11.8 Å². The molecule has 6 heteroatoms. The molecule has 0 spiro atoms. The molecule has 1 saturated heterocycles. The molecule has 2 aliphatic rings. The number of aromatic nitrogens is 2. The number of nitrogens with zero attached hydrogens (tertiary/aromatic N) is 2. The fourth-order valence-corrected chi connectivity index (χ4v) is 3.24. The Morgan fingerprint density at radius 3 is 2.91 bits per heavy atom. The van der Waals surface area contributed by atoms with Crippen molar-refractivity contribution in [1.29, 1.82) is 0 Å². The van der Waals surface area contributed by atoms with Gasteiger partial charge < -0.3 is 10.2 Å². The first-order chi connectivity index (χ1) is 11.2. The molecule has 1 saturated carbocycles. The molecule has 1 atom stereocenters. The van der Waals surface area contributed by atoms with Crippen LogP contribution >= 0.6 is 0 Å². The third-order valence-electron chi connectivity index (χ3n) is 4.74. The summed E-state index contributed by atoms with van der Waals surface area (Å²) in [7, 11) is 0. The number of fused-ring (bicyclic) bond motifs is 1. The fraction of sp³-hybridized carbons (Fsp3) is 0.471. The summed E-state index contributed by atoms with van der Waals surface area (Å²) in [5, 5.41) is 10.8. The normalized spacial score (nSPS) is 21.4. The first kappa shape index (κ1) is 14.2. The highest BCUT2D eigenvalue weighted by atomic mass is 16.2. The molecular formula is C17H20N4O2. The number of hydrogen-bond acceptors (Lipinski definition) is 3. The molecule has 1 aliphatic heterocycles. The second kappa shape index (κ2) is 5.68. The Labute approximate surface area is 134 Å². The number of piperidine rings is 1. The number of nitrogens with one attached hydrogen (secondary N) is 2. The van der Waals surface area contributed by atoms with E-state index in [-0.39, 0.29) is 23.7 Å². The molecule has 0 unspecified atom stereocenters. The highest BCUT2D eigenvalue weighted by molar-refractivity contribution is 5.95. The smallest absolute Gasteiger partial charge is 0.229 e. The van der Waals surface area contributed by atoms with Crippen molar-refractivity contribution in [2.45, 2.75) is 25.7 Å². The zero-order valence-electron chi connectivity index (χ0n) is 12.9. The van der Waals surface area contributed by atoms with Crippen molar-refractivity contribution in [3.8, 4) is 0 Å². The molecule has 2 aromatic rings. The number of benzene rings is 1. The van der Waals surface area contributed by atoms with Gasteiger partial charge in [-0.15, -0.1) is 0 Å². The lowest BCUT2D eigenvalue weighted by Gasteiger charge is -2.32. The Morgan fingerprint density at radius 2 is 2.09 bits per heavy atom. The van der Waals surface area contributed by atoms with Crippen molar-refractivity contribution in [2.75, 3.05) is 18.4 Å². The summed E-state index contributed by atoms with van der Waals surface area (Å²) in [5.74, 6) is 0.343. The van der Waals surface area contributed by atoms with E-state index in [1.54, 1.807) is 6.20 Å². The number of anilines is 1. The number of hydrogen-bond donors (Lipinski definition) is 2. The van der Waals surface area contributed by atoms with Gasteiger partial charge in [0.1, 0.15) is 0 Å². The quantitative estimate of drug-likeness (QED) is 0.911. The van der Waals surface area contributed by atoms with E-state index in [9.17, 15) is 9.59 Å². The molecule has 0 bridgehead atoms. The molecule has 6 nitrogen and oxygen atoms in total. The van der Waals surface area contributed by atoms with Gasteiger partial charge in [-0.1, -0.05) is 0 Å². The summed E-state index contributed by atoms with van der Waals surface area (Å²) in [5.41, 5.74) is 1.72. The lowest BCUT2D eigenvalue weighted by Crippen LogP contribution is -2.44. The maximum Gasteiger partial charge on any atom is 0.229 e. The minimum absolute atomic E-state index is 0.00106. The minimum atomic E-state index is -0.119. The van der Waals surface area contributed by atoms with Crippen LogP contribution in [0.15, 0.2) is 24.4 Å². The van der Waals surface area contributed by atoms with Crippen LogP contribution in [0.4, 0.5) is 5.69 Å². The van der Waals surface area contributed by atoms with Crippen LogP contribution in [-0.4, -0.2) is 40.0 Å². The van der Waals surface area contributed by atoms with Gasteiger partial charge in [0, 0.05) is 30.1 Å². The van der Waals surface area contributed by atoms with Crippen molar-refractivity contribution >= 4 is 28.4 Å². The second-order valence-corrected chi connectivity index (χ2v) is 6.56. The summed E-state index contributed by atoms with van der Waals surface area (Å²) in [4.78, 5) is 26.6. The van der Waals surface area contributed by atoms with Crippen molar-refractivity contribution in [3.05, 3.63) is 24.4 Å². The summed E-state index contributed by atoms with van der Waals surface area (Å²) < 4.78 is 0. The first-order valence-electron chi connectivity index (χ1n) is 8.23. The first-order valence-corrected chi connectivity index (χ1v) is 8.23. The van der Waals surface area contributed by atoms with E-state index in [0.29, 0.717) is 6.54 Å². The van der Waals surface area contributed by atoms with Crippen molar-refractivity contribution in [3.63, 3.8) is 0 Å². The van der Waals surface area contributed by atoms with Crippen LogP contribution in [0.2, 0.25) is 0 Å². The SMILES string of the molecule is O=C(Nc1ccc2[nH]ncc2c1)[C@H]1CCCN(C(=O)C2CC2)C1. The molecule has 23 heavy (non-hydrogen) atoms. The maximum absolute atomic E-state index is 12.5. The number of amides is 2. The van der Waals surface area contributed by atoms with Crippen LogP contribution in [0.3, 0.4) is 0 Å². The lowest BCUT2D eigenvalue weighted by atomic mass is 9.96. The van der Waals surface area contributed by atoms with E-state index in [4.69, 9.17) is 0 Å². The Morgan fingerprint density at radius 1 is 1.22 bits per heavy atom. The standard InChI is InChI=1S/C17H20N4O2/c22-16(19-14-5-6-15-13(8-14)9-18-20-15)12-2-1-7-21(10-12)17(23)11-3-4-11/h5-6,8-9,11-12H,1-4,7,10H2,(H,18,20)(H,19,22)/t12-/m0/s1. The molecule has 4 rings (SSSR count).